The molecule has 0 fully saturated rings. The molecular formula is C33H28O3. The lowest BCUT2D eigenvalue weighted by atomic mass is 9.79. The molecule has 0 amide bonds. The highest BCUT2D eigenvalue weighted by molar-refractivity contribution is 6.05. The van der Waals surface area contributed by atoms with E-state index in [1.165, 1.54) is 11.1 Å². The maximum atomic E-state index is 13.2. The van der Waals surface area contributed by atoms with Gasteiger partial charge in [0, 0.05) is 28.2 Å². The minimum Gasteiger partial charge on any atom is -0.494 e. The van der Waals surface area contributed by atoms with E-state index in [0.717, 1.165) is 34.0 Å². The summed E-state index contributed by atoms with van der Waals surface area (Å²) >= 11 is 0. The van der Waals surface area contributed by atoms with Crippen LogP contribution in [0.2, 0.25) is 0 Å². The van der Waals surface area contributed by atoms with Crippen LogP contribution < -0.4 is 9.47 Å². The first kappa shape index (κ1) is 23.4. The van der Waals surface area contributed by atoms with E-state index in [2.05, 4.69) is 37.3 Å². The molecule has 178 valence electrons. The fourth-order valence-electron chi connectivity index (χ4n) is 4.66. The zero-order valence-corrected chi connectivity index (χ0v) is 20.5. The van der Waals surface area contributed by atoms with Crippen molar-refractivity contribution in [2.75, 3.05) is 6.61 Å². The number of fused-ring (bicyclic) bond motifs is 1. The number of ketones is 1. The normalized spacial score (nSPS) is 14.9. The number of allylic oxidation sites excluding steroid dienone is 3. The van der Waals surface area contributed by atoms with E-state index < -0.39 is 0 Å². The Bertz CT molecular complexity index is 1430. The highest BCUT2D eigenvalue weighted by Crippen LogP contribution is 2.46. The summed E-state index contributed by atoms with van der Waals surface area (Å²) in [4.78, 5) is 13.2. The molecule has 0 radical (unpaired) electrons. The van der Waals surface area contributed by atoms with E-state index in [-0.39, 0.29) is 11.7 Å². The molecule has 1 heterocycles. The third kappa shape index (κ3) is 4.73. The summed E-state index contributed by atoms with van der Waals surface area (Å²) < 4.78 is 12.0. The number of hydrogen-bond donors (Lipinski definition) is 0. The molecule has 4 aromatic carbocycles. The van der Waals surface area contributed by atoms with E-state index in [1.807, 2.05) is 73.7 Å². The van der Waals surface area contributed by atoms with Crippen molar-refractivity contribution in [1.82, 2.24) is 0 Å². The average Bonchev–Trinajstić information content (AvgIpc) is 2.92. The number of rotatable bonds is 7. The smallest absolute Gasteiger partial charge is 0.185 e. The van der Waals surface area contributed by atoms with Gasteiger partial charge in [0.15, 0.2) is 5.78 Å². The van der Waals surface area contributed by atoms with Crippen LogP contribution in [0.1, 0.15) is 45.5 Å². The predicted molar refractivity (Wildman–Crippen MR) is 145 cm³/mol. The maximum absolute atomic E-state index is 13.2. The van der Waals surface area contributed by atoms with Crippen molar-refractivity contribution < 1.29 is 14.3 Å². The van der Waals surface area contributed by atoms with Crippen LogP contribution in [0, 0.1) is 6.92 Å². The van der Waals surface area contributed by atoms with Gasteiger partial charge in [0.2, 0.25) is 0 Å². The molecule has 1 aliphatic heterocycles. The van der Waals surface area contributed by atoms with Gasteiger partial charge >= 0.3 is 0 Å². The van der Waals surface area contributed by atoms with Gasteiger partial charge in [-0.05, 0) is 61.4 Å². The molecule has 0 unspecified atom stereocenters. The Morgan fingerprint density at radius 2 is 1.50 bits per heavy atom. The van der Waals surface area contributed by atoms with Crippen LogP contribution in [0.3, 0.4) is 0 Å². The Kier molecular flexibility index (Phi) is 6.81. The van der Waals surface area contributed by atoms with Gasteiger partial charge in [0.25, 0.3) is 0 Å². The molecular weight excluding hydrogens is 444 g/mol. The van der Waals surface area contributed by atoms with Gasteiger partial charge < -0.3 is 9.47 Å². The first-order valence-electron chi connectivity index (χ1n) is 12.2. The lowest BCUT2D eigenvalue weighted by Gasteiger charge is -2.31. The van der Waals surface area contributed by atoms with E-state index in [4.69, 9.17) is 9.47 Å². The van der Waals surface area contributed by atoms with Gasteiger partial charge in [0.1, 0.15) is 17.3 Å². The minimum absolute atomic E-state index is 0.0691. The van der Waals surface area contributed by atoms with E-state index in [9.17, 15) is 4.79 Å². The van der Waals surface area contributed by atoms with E-state index >= 15 is 0 Å². The van der Waals surface area contributed by atoms with Crippen molar-refractivity contribution in [3.8, 4) is 11.5 Å². The zero-order chi connectivity index (χ0) is 24.9. The van der Waals surface area contributed by atoms with Crippen molar-refractivity contribution in [3.05, 3.63) is 149 Å². The Labute approximate surface area is 212 Å². The average molecular weight is 473 g/mol. The highest BCUT2D eigenvalue weighted by atomic mass is 16.5. The summed E-state index contributed by atoms with van der Waals surface area (Å²) in [5, 5.41) is 0. The molecule has 4 aromatic rings. The topological polar surface area (TPSA) is 35.5 Å². The van der Waals surface area contributed by atoms with Gasteiger partial charge in [-0.1, -0.05) is 78.9 Å². The number of hydrogen-bond acceptors (Lipinski definition) is 3. The quantitative estimate of drug-likeness (QED) is 0.204. The standard InChI is InChI=1S/C33H28O3/c1-3-35-26-19-17-24(18-20-26)30(34)22-21-29-32(27-14-8-7-11-23(27)2)28-15-9-10-16-31(28)36-33(29)25-12-5-4-6-13-25/h4-22,32H,3H2,1-2H3/b22-21-/t32-/m1/s1. The number of ether oxygens (including phenoxy) is 2. The van der Waals surface area contributed by atoms with Crippen molar-refractivity contribution in [1.29, 1.82) is 0 Å². The fraction of sp³-hybridized carbons (Fsp3) is 0.121. The van der Waals surface area contributed by atoms with Crippen LogP contribution in [0.5, 0.6) is 11.5 Å². The monoisotopic (exact) mass is 472 g/mol. The van der Waals surface area contributed by atoms with E-state index in [0.29, 0.717) is 12.2 Å². The summed E-state index contributed by atoms with van der Waals surface area (Å²) in [5.74, 6) is 2.21. The van der Waals surface area contributed by atoms with Crippen molar-refractivity contribution >= 4 is 11.5 Å². The van der Waals surface area contributed by atoms with Crippen LogP contribution in [0.15, 0.2) is 121 Å². The van der Waals surface area contributed by atoms with Gasteiger partial charge in [0.05, 0.1) is 6.61 Å². The van der Waals surface area contributed by atoms with Crippen molar-refractivity contribution in [2.45, 2.75) is 19.8 Å². The molecule has 0 saturated heterocycles. The molecule has 1 aliphatic rings. The second kappa shape index (κ2) is 10.5. The highest BCUT2D eigenvalue weighted by Gasteiger charge is 2.31. The van der Waals surface area contributed by atoms with Crippen LogP contribution in [-0.2, 0) is 0 Å². The molecule has 0 aromatic heterocycles. The molecule has 5 rings (SSSR count). The van der Waals surface area contributed by atoms with Crippen LogP contribution in [0.4, 0.5) is 0 Å². The number of carbonyl (C=O) groups excluding carboxylic acids is 1. The van der Waals surface area contributed by atoms with Gasteiger partial charge in [-0.2, -0.15) is 0 Å². The van der Waals surface area contributed by atoms with Crippen LogP contribution in [0.25, 0.3) is 5.76 Å². The number of para-hydroxylation sites is 1. The Morgan fingerprint density at radius 3 is 2.22 bits per heavy atom. The van der Waals surface area contributed by atoms with Gasteiger partial charge in [-0.15, -0.1) is 0 Å². The summed E-state index contributed by atoms with van der Waals surface area (Å²) in [6.07, 6.45) is 3.57. The van der Waals surface area contributed by atoms with Crippen molar-refractivity contribution in [3.63, 3.8) is 0 Å². The summed E-state index contributed by atoms with van der Waals surface area (Å²) in [6.45, 7) is 4.66. The molecule has 0 bridgehead atoms. The van der Waals surface area contributed by atoms with Crippen LogP contribution in [-0.4, -0.2) is 12.4 Å². The maximum Gasteiger partial charge on any atom is 0.185 e. The SMILES string of the molecule is CCOc1ccc(C(=O)/C=C\C2=C(c3ccccc3)Oc3ccccc3[C@H]2c2ccccc2C)cc1. The minimum atomic E-state index is -0.0734. The number of aryl methyl sites for hydroxylation is 1. The van der Waals surface area contributed by atoms with Crippen LogP contribution >= 0.6 is 0 Å². The Balaban J connectivity index is 1.63. The molecule has 0 saturated carbocycles. The molecule has 3 heteroatoms. The summed E-state index contributed by atoms with van der Waals surface area (Å²) in [7, 11) is 0. The Morgan fingerprint density at radius 1 is 0.833 bits per heavy atom. The van der Waals surface area contributed by atoms with E-state index in [1.54, 1.807) is 18.2 Å². The number of benzene rings is 4. The second-order valence-electron chi connectivity index (χ2n) is 8.73. The Hall–Kier alpha value is -4.37. The first-order chi connectivity index (χ1) is 17.7. The predicted octanol–water partition coefficient (Wildman–Crippen LogP) is 7.77. The molecule has 0 N–H and O–H groups in total. The van der Waals surface area contributed by atoms with Gasteiger partial charge in [-0.25, -0.2) is 0 Å². The van der Waals surface area contributed by atoms with Gasteiger partial charge in [-0.3, -0.25) is 4.79 Å². The summed E-state index contributed by atoms with van der Waals surface area (Å²) in [5.41, 5.74) is 6.00. The lowest BCUT2D eigenvalue weighted by Crippen LogP contribution is -2.16. The largest absolute Gasteiger partial charge is 0.494 e. The van der Waals surface area contributed by atoms with Crippen molar-refractivity contribution in [2.24, 2.45) is 0 Å². The fourth-order valence-corrected chi connectivity index (χ4v) is 4.66. The summed E-state index contributed by atoms with van der Waals surface area (Å²) in [6, 6.07) is 33.9. The lowest BCUT2D eigenvalue weighted by molar-refractivity contribution is 0.104. The molecule has 3 nitrogen and oxygen atoms in total. The third-order valence-electron chi connectivity index (χ3n) is 6.41. The molecule has 0 spiro atoms. The molecule has 1 atom stereocenters. The number of carbonyl (C=O) groups is 1. The zero-order valence-electron chi connectivity index (χ0n) is 20.5. The first-order valence-corrected chi connectivity index (χ1v) is 12.2. The second-order valence-corrected chi connectivity index (χ2v) is 8.73. The molecule has 36 heavy (non-hydrogen) atoms. The third-order valence-corrected chi connectivity index (χ3v) is 6.41. The molecule has 0 aliphatic carbocycles.